The molecule has 0 spiro atoms. The lowest BCUT2D eigenvalue weighted by atomic mass is 9.85. The lowest BCUT2D eigenvalue weighted by Gasteiger charge is -2.33. The van der Waals surface area contributed by atoms with Crippen molar-refractivity contribution in [3.05, 3.63) is 42.1 Å². The maximum absolute atomic E-state index is 14.3. The first-order chi connectivity index (χ1) is 9.77. The van der Waals surface area contributed by atoms with Crippen molar-refractivity contribution in [2.75, 3.05) is 13.2 Å². The van der Waals surface area contributed by atoms with Gasteiger partial charge in [0.25, 0.3) is 0 Å². The molecule has 1 fully saturated rings. The van der Waals surface area contributed by atoms with Crippen molar-refractivity contribution in [2.45, 2.75) is 18.6 Å². The quantitative estimate of drug-likeness (QED) is 0.865. The molecule has 1 saturated heterocycles. The number of ether oxygens (including phenoxy) is 1. The summed E-state index contributed by atoms with van der Waals surface area (Å²) in [4.78, 5) is 4.17. The average molecular weight is 274 g/mol. The Labute approximate surface area is 115 Å². The SMILES string of the molecule is O[C@@H]1COCC[C@H]1[C@H]1c2c(F)cccc2-c2cncn21. The van der Waals surface area contributed by atoms with Crippen LogP contribution in [0.4, 0.5) is 4.39 Å². The van der Waals surface area contributed by atoms with Gasteiger partial charge < -0.3 is 14.4 Å². The molecule has 0 bridgehead atoms. The van der Waals surface area contributed by atoms with Crippen LogP contribution in [0.1, 0.15) is 18.0 Å². The highest BCUT2D eigenvalue weighted by atomic mass is 19.1. The summed E-state index contributed by atoms with van der Waals surface area (Å²) in [6.45, 7) is 0.918. The van der Waals surface area contributed by atoms with E-state index in [0.29, 0.717) is 18.8 Å². The molecule has 5 heteroatoms. The number of benzene rings is 1. The molecule has 0 unspecified atom stereocenters. The Bertz CT molecular complexity index is 655. The van der Waals surface area contributed by atoms with Crippen LogP contribution in [0.5, 0.6) is 0 Å². The molecule has 1 aromatic heterocycles. The number of nitrogens with zero attached hydrogens (tertiary/aromatic N) is 2. The largest absolute Gasteiger partial charge is 0.390 e. The number of aliphatic hydroxyl groups excluding tert-OH is 1. The highest BCUT2D eigenvalue weighted by molar-refractivity contribution is 5.69. The van der Waals surface area contributed by atoms with E-state index in [1.807, 2.05) is 10.6 Å². The van der Waals surface area contributed by atoms with Crippen molar-refractivity contribution in [3.8, 4) is 11.3 Å². The molecule has 2 aliphatic heterocycles. The second kappa shape index (κ2) is 4.40. The summed E-state index contributed by atoms with van der Waals surface area (Å²) in [6.07, 6.45) is 3.62. The molecule has 4 rings (SSSR count). The minimum atomic E-state index is -0.574. The van der Waals surface area contributed by atoms with Gasteiger partial charge in [-0.15, -0.1) is 0 Å². The lowest BCUT2D eigenvalue weighted by Crippen LogP contribution is -2.37. The van der Waals surface area contributed by atoms with Crippen molar-refractivity contribution >= 4 is 0 Å². The highest BCUT2D eigenvalue weighted by Gasteiger charge is 2.40. The number of fused-ring (bicyclic) bond motifs is 3. The summed E-state index contributed by atoms with van der Waals surface area (Å²) >= 11 is 0. The van der Waals surface area contributed by atoms with E-state index in [2.05, 4.69) is 4.98 Å². The van der Waals surface area contributed by atoms with Gasteiger partial charge in [0.15, 0.2) is 0 Å². The summed E-state index contributed by atoms with van der Waals surface area (Å²) in [5.41, 5.74) is 2.48. The van der Waals surface area contributed by atoms with Gasteiger partial charge in [-0.1, -0.05) is 12.1 Å². The molecule has 20 heavy (non-hydrogen) atoms. The van der Waals surface area contributed by atoms with Gasteiger partial charge in [0.2, 0.25) is 0 Å². The number of halogens is 1. The zero-order chi connectivity index (χ0) is 13.7. The molecule has 1 N–H and O–H groups in total. The van der Waals surface area contributed by atoms with E-state index >= 15 is 0 Å². The fraction of sp³-hybridized carbons (Fsp3) is 0.400. The maximum Gasteiger partial charge on any atom is 0.129 e. The van der Waals surface area contributed by atoms with Crippen LogP contribution in [0.25, 0.3) is 11.3 Å². The first-order valence-electron chi connectivity index (χ1n) is 6.84. The summed E-state index contributed by atoms with van der Waals surface area (Å²) < 4.78 is 21.6. The molecule has 0 radical (unpaired) electrons. The van der Waals surface area contributed by atoms with Crippen LogP contribution < -0.4 is 0 Å². The number of aromatic nitrogens is 2. The maximum atomic E-state index is 14.3. The van der Waals surface area contributed by atoms with E-state index in [-0.39, 0.29) is 17.8 Å². The molecule has 3 atom stereocenters. The first-order valence-corrected chi connectivity index (χ1v) is 6.84. The first kappa shape index (κ1) is 12.1. The van der Waals surface area contributed by atoms with Crippen LogP contribution in [0.15, 0.2) is 30.7 Å². The Morgan fingerprint density at radius 1 is 1.40 bits per heavy atom. The summed E-state index contributed by atoms with van der Waals surface area (Å²) in [5.74, 6) is -0.259. The Morgan fingerprint density at radius 2 is 2.30 bits per heavy atom. The summed E-state index contributed by atoms with van der Waals surface area (Å²) in [7, 11) is 0. The molecular formula is C15H15FN2O2. The van der Waals surface area contributed by atoms with Gasteiger partial charge in [-0.3, -0.25) is 0 Å². The Hall–Kier alpha value is -1.72. The molecule has 0 amide bonds. The minimum absolute atomic E-state index is 0.0464. The molecule has 0 saturated carbocycles. The molecule has 104 valence electrons. The molecule has 2 aromatic rings. The van der Waals surface area contributed by atoms with E-state index in [4.69, 9.17) is 4.74 Å². The van der Waals surface area contributed by atoms with Gasteiger partial charge in [-0.2, -0.15) is 0 Å². The van der Waals surface area contributed by atoms with Crippen LogP contribution in [0.2, 0.25) is 0 Å². The molecule has 1 aromatic carbocycles. The van der Waals surface area contributed by atoms with Crippen LogP contribution >= 0.6 is 0 Å². The Kier molecular flexibility index (Phi) is 2.65. The Morgan fingerprint density at radius 3 is 3.15 bits per heavy atom. The van der Waals surface area contributed by atoms with E-state index in [1.165, 1.54) is 6.07 Å². The third-order valence-corrected chi connectivity index (χ3v) is 4.37. The molecule has 3 heterocycles. The second-order valence-corrected chi connectivity index (χ2v) is 5.43. The van der Waals surface area contributed by atoms with Crippen molar-refractivity contribution in [1.29, 1.82) is 0 Å². The van der Waals surface area contributed by atoms with Crippen molar-refractivity contribution in [3.63, 3.8) is 0 Å². The number of hydrogen-bond donors (Lipinski definition) is 1. The van der Waals surface area contributed by atoms with Gasteiger partial charge in [0.1, 0.15) is 5.82 Å². The smallest absolute Gasteiger partial charge is 0.129 e. The van der Waals surface area contributed by atoms with Crippen LogP contribution in [0.3, 0.4) is 0 Å². The van der Waals surface area contributed by atoms with E-state index in [9.17, 15) is 9.50 Å². The van der Waals surface area contributed by atoms with Crippen molar-refractivity contribution < 1.29 is 14.2 Å². The molecular weight excluding hydrogens is 259 g/mol. The topological polar surface area (TPSA) is 47.3 Å². The highest BCUT2D eigenvalue weighted by Crippen LogP contribution is 2.46. The molecule has 0 aliphatic carbocycles. The zero-order valence-electron chi connectivity index (χ0n) is 10.9. The number of imidazole rings is 1. The fourth-order valence-electron chi connectivity index (χ4n) is 3.46. The summed E-state index contributed by atoms with van der Waals surface area (Å²) in [6, 6.07) is 4.92. The normalized spacial score (nSPS) is 28.2. The summed E-state index contributed by atoms with van der Waals surface area (Å²) in [5, 5.41) is 10.2. The lowest BCUT2D eigenvalue weighted by molar-refractivity contribution is -0.0543. The molecule has 2 aliphatic rings. The number of aliphatic hydroxyl groups is 1. The Balaban J connectivity index is 1.88. The van der Waals surface area contributed by atoms with Gasteiger partial charge >= 0.3 is 0 Å². The van der Waals surface area contributed by atoms with E-state index in [0.717, 1.165) is 17.7 Å². The second-order valence-electron chi connectivity index (χ2n) is 5.43. The zero-order valence-corrected chi connectivity index (χ0v) is 10.9. The minimum Gasteiger partial charge on any atom is -0.390 e. The molecule has 4 nitrogen and oxygen atoms in total. The third kappa shape index (κ3) is 1.57. The van der Waals surface area contributed by atoms with Gasteiger partial charge in [-0.25, -0.2) is 9.37 Å². The van der Waals surface area contributed by atoms with E-state index < -0.39 is 6.10 Å². The fourth-order valence-corrected chi connectivity index (χ4v) is 3.46. The van der Waals surface area contributed by atoms with Crippen LogP contribution in [-0.2, 0) is 4.74 Å². The van der Waals surface area contributed by atoms with Crippen molar-refractivity contribution in [2.24, 2.45) is 5.92 Å². The van der Waals surface area contributed by atoms with Crippen LogP contribution in [-0.4, -0.2) is 34.0 Å². The van der Waals surface area contributed by atoms with Crippen molar-refractivity contribution in [1.82, 2.24) is 9.55 Å². The van der Waals surface area contributed by atoms with Gasteiger partial charge in [-0.05, 0) is 12.5 Å². The predicted octanol–water partition coefficient (Wildman–Crippen LogP) is 1.99. The predicted molar refractivity (Wildman–Crippen MR) is 70.7 cm³/mol. The third-order valence-electron chi connectivity index (χ3n) is 4.37. The van der Waals surface area contributed by atoms with Gasteiger partial charge in [0.05, 0.1) is 37.0 Å². The van der Waals surface area contributed by atoms with Gasteiger partial charge in [0, 0.05) is 23.7 Å². The monoisotopic (exact) mass is 274 g/mol. The standard InChI is InChI=1S/C15H15FN2O2/c16-11-3-1-2-9-12-6-17-8-18(12)15(14(9)11)10-4-5-20-7-13(10)19/h1-3,6,8,10,13,15,19H,4-5,7H2/t10-,13-,15+/m1/s1. The average Bonchev–Trinajstić information content (AvgIpc) is 3.01. The van der Waals surface area contributed by atoms with E-state index in [1.54, 1.807) is 18.6 Å². The number of rotatable bonds is 1. The number of hydrogen-bond acceptors (Lipinski definition) is 3. The van der Waals surface area contributed by atoms with Crippen LogP contribution in [0, 0.1) is 11.7 Å².